The summed E-state index contributed by atoms with van der Waals surface area (Å²) in [6, 6.07) is 2.92. The zero-order valence-corrected chi connectivity index (χ0v) is 12.6. The monoisotopic (exact) mass is 316 g/mol. The Bertz CT molecular complexity index is 565. The number of ether oxygens (including phenoxy) is 1. The zero-order chi connectivity index (χ0) is 15.3. The molecule has 1 aromatic rings. The van der Waals surface area contributed by atoms with Gasteiger partial charge in [0.25, 0.3) is 0 Å². The van der Waals surface area contributed by atoms with Crippen LogP contribution in [0.25, 0.3) is 0 Å². The summed E-state index contributed by atoms with van der Waals surface area (Å²) in [6.07, 6.45) is 2.31. The highest BCUT2D eigenvalue weighted by Crippen LogP contribution is 2.35. The first-order valence-corrected chi connectivity index (χ1v) is 6.70. The molecular weight excluding hydrogens is 303 g/mol. The molecule has 20 heavy (non-hydrogen) atoms. The van der Waals surface area contributed by atoms with Gasteiger partial charge in [-0.15, -0.1) is 0 Å². The minimum Gasteiger partial charge on any atom is -0.480 e. The first kappa shape index (κ1) is 16.5. The number of hydrogen-bond acceptors (Lipinski definition) is 3. The van der Waals surface area contributed by atoms with Crippen LogP contribution in [0.1, 0.15) is 30.6 Å². The minimum atomic E-state index is -1.13. The Balaban J connectivity index is 3.11. The van der Waals surface area contributed by atoms with Gasteiger partial charge in [0, 0.05) is 5.56 Å². The van der Waals surface area contributed by atoms with Gasteiger partial charge in [0.05, 0.1) is 5.02 Å². The number of Topliss-reactive ketones (excluding diaryl/α,β-unsaturated/α-hetero) is 1. The van der Waals surface area contributed by atoms with Crippen LogP contribution in [-0.2, 0) is 4.79 Å². The van der Waals surface area contributed by atoms with Crippen LogP contribution in [0.3, 0.4) is 0 Å². The first-order chi connectivity index (χ1) is 9.42. The molecule has 0 atom stereocenters. The Hall–Kier alpha value is -1.52. The fourth-order valence-corrected chi connectivity index (χ4v) is 2.09. The van der Waals surface area contributed by atoms with Crippen molar-refractivity contribution in [3.63, 3.8) is 0 Å². The van der Waals surface area contributed by atoms with Crippen molar-refractivity contribution in [1.29, 1.82) is 0 Å². The van der Waals surface area contributed by atoms with E-state index in [1.807, 2.05) is 6.92 Å². The lowest BCUT2D eigenvalue weighted by Gasteiger charge is -2.11. The van der Waals surface area contributed by atoms with Crippen LogP contribution in [0.2, 0.25) is 10.0 Å². The molecule has 0 aliphatic heterocycles. The molecule has 0 bridgehead atoms. The van der Waals surface area contributed by atoms with E-state index in [1.165, 1.54) is 12.1 Å². The van der Waals surface area contributed by atoms with Crippen LogP contribution >= 0.6 is 23.2 Å². The number of benzene rings is 1. The number of allylic oxidation sites excluding steroid dienone is 2. The number of aliphatic carboxylic acids is 1. The summed E-state index contributed by atoms with van der Waals surface area (Å²) in [4.78, 5) is 22.7. The third-order valence-corrected chi connectivity index (χ3v) is 3.53. The van der Waals surface area contributed by atoms with E-state index in [0.29, 0.717) is 12.0 Å². The molecule has 0 saturated carbocycles. The average Bonchev–Trinajstić information content (AvgIpc) is 2.41. The van der Waals surface area contributed by atoms with Crippen LogP contribution in [0.5, 0.6) is 5.75 Å². The first-order valence-electron chi connectivity index (χ1n) is 5.94. The Kier molecular flexibility index (Phi) is 6.05. The molecule has 6 heteroatoms. The Morgan fingerprint density at radius 2 is 1.95 bits per heavy atom. The van der Waals surface area contributed by atoms with E-state index in [9.17, 15) is 9.59 Å². The van der Waals surface area contributed by atoms with Gasteiger partial charge >= 0.3 is 5.97 Å². The maximum Gasteiger partial charge on any atom is 0.341 e. The molecule has 0 fully saturated rings. The van der Waals surface area contributed by atoms with Crippen molar-refractivity contribution in [2.45, 2.75) is 20.3 Å². The van der Waals surface area contributed by atoms with Crippen molar-refractivity contribution in [3.8, 4) is 5.75 Å². The summed E-state index contributed by atoms with van der Waals surface area (Å²) in [5.74, 6) is -1.19. The molecule has 0 unspecified atom stereocenters. The Labute approximate surface area is 126 Å². The second kappa shape index (κ2) is 7.31. The lowest BCUT2D eigenvalue weighted by atomic mass is 10.0. The molecule has 0 aromatic heterocycles. The summed E-state index contributed by atoms with van der Waals surface area (Å²) >= 11 is 12.1. The number of carbonyl (C=O) groups is 2. The molecule has 0 spiro atoms. The van der Waals surface area contributed by atoms with Crippen LogP contribution in [0.15, 0.2) is 23.8 Å². The fraction of sp³-hybridized carbons (Fsp3) is 0.286. The van der Waals surface area contributed by atoms with E-state index in [2.05, 4.69) is 0 Å². The summed E-state index contributed by atoms with van der Waals surface area (Å²) in [7, 11) is 0. The molecule has 108 valence electrons. The number of carboxylic acid groups (broad SMARTS) is 1. The lowest BCUT2D eigenvalue weighted by molar-refractivity contribution is -0.139. The molecule has 0 radical (unpaired) electrons. The van der Waals surface area contributed by atoms with Gasteiger partial charge in [0.2, 0.25) is 0 Å². The van der Waals surface area contributed by atoms with E-state index in [-0.39, 0.29) is 27.1 Å². The maximum absolute atomic E-state index is 12.2. The van der Waals surface area contributed by atoms with Crippen LogP contribution in [0.4, 0.5) is 0 Å². The molecule has 1 rings (SSSR count). The van der Waals surface area contributed by atoms with Gasteiger partial charge in [-0.05, 0) is 31.1 Å². The normalized spacial score (nSPS) is 11.3. The number of halogens is 2. The number of carbonyl (C=O) groups excluding carboxylic acids is 1. The molecule has 0 aliphatic rings. The number of carboxylic acids is 1. The van der Waals surface area contributed by atoms with E-state index in [4.69, 9.17) is 33.0 Å². The predicted octanol–water partition coefficient (Wildman–Crippen LogP) is 4.00. The van der Waals surface area contributed by atoms with Crippen molar-refractivity contribution in [2.75, 3.05) is 6.61 Å². The minimum absolute atomic E-state index is 0.0327. The molecular formula is C14H14Cl2O4. The molecule has 4 nitrogen and oxygen atoms in total. The van der Waals surface area contributed by atoms with Crippen LogP contribution < -0.4 is 4.74 Å². The van der Waals surface area contributed by atoms with Gasteiger partial charge < -0.3 is 9.84 Å². The van der Waals surface area contributed by atoms with Crippen LogP contribution in [-0.4, -0.2) is 23.5 Å². The predicted molar refractivity (Wildman–Crippen MR) is 78.0 cm³/mol. The Morgan fingerprint density at radius 1 is 1.30 bits per heavy atom. The fourth-order valence-electron chi connectivity index (χ4n) is 1.63. The zero-order valence-electron chi connectivity index (χ0n) is 11.1. The third-order valence-electron chi connectivity index (χ3n) is 2.66. The number of hydrogen-bond donors (Lipinski definition) is 1. The quantitative estimate of drug-likeness (QED) is 0.636. The van der Waals surface area contributed by atoms with Gasteiger partial charge in [0.1, 0.15) is 10.8 Å². The molecule has 1 aromatic carbocycles. The molecule has 0 saturated heterocycles. The number of ketones is 1. The highest BCUT2D eigenvalue weighted by atomic mass is 35.5. The van der Waals surface area contributed by atoms with Crippen molar-refractivity contribution in [3.05, 3.63) is 39.4 Å². The van der Waals surface area contributed by atoms with Crippen molar-refractivity contribution < 1.29 is 19.4 Å². The van der Waals surface area contributed by atoms with Crippen molar-refractivity contribution >= 4 is 35.0 Å². The summed E-state index contributed by atoms with van der Waals surface area (Å²) in [5.41, 5.74) is 0.900. The van der Waals surface area contributed by atoms with Crippen molar-refractivity contribution in [1.82, 2.24) is 0 Å². The smallest absolute Gasteiger partial charge is 0.341 e. The molecule has 0 amide bonds. The van der Waals surface area contributed by atoms with Gasteiger partial charge in [-0.2, -0.15) is 0 Å². The van der Waals surface area contributed by atoms with E-state index in [1.54, 1.807) is 13.0 Å². The van der Waals surface area contributed by atoms with E-state index >= 15 is 0 Å². The second-order valence-electron chi connectivity index (χ2n) is 3.92. The van der Waals surface area contributed by atoms with Gasteiger partial charge in [-0.1, -0.05) is 36.2 Å². The summed E-state index contributed by atoms with van der Waals surface area (Å²) in [5, 5.41) is 8.65. The highest BCUT2D eigenvalue weighted by molar-refractivity contribution is 6.45. The standard InChI is InChI=1S/C14H14Cl2O4/c1-3-8(4-2)14(19)9-5-6-10(13(16)12(9)15)20-7-11(17)18/h3,5-6H,4,7H2,1-2H3,(H,17,18)/b8-3-. The van der Waals surface area contributed by atoms with E-state index < -0.39 is 12.6 Å². The van der Waals surface area contributed by atoms with Gasteiger partial charge in [0.15, 0.2) is 12.4 Å². The SMILES string of the molecule is C/C=C(/CC)C(=O)c1ccc(OCC(=O)O)c(Cl)c1Cl. The largest absolute Gasteiger partial charge is 0.480 e. The summed E-state index contributed by atoms with van der Waals surface area (Å²) < 4.78 is 4.99. The average molecular weight is 317 g/mol. The topological polar surface area (TPSA) is 63.6 Å². The molecule has 1 N–H and O–H groups in total. The van der Waals surface area contributed by atoms with Crippen LogP contribution in [0, 0.1) is 0 Å². The highest BCUT2D eigenvalue weighted by Gasteiger charge is 2.18. The third kappa shape index (κ3) is 3.74. The Morgan fingerprint density at radius 3 is 2.45 bits per heavy atom. The maximum atomic E-state index is 12.2. The molecule has 0 aliphatic carbocycles. The summed E-state index contributed by atoms with van der Waals surface area (Å²) in [6.45, 7) is 3.11. The van der Waals surface area contributed by atoms with E-state index in [0.717, 1.165) is 0 Å². The molecule has 0 heterocycles. The lowest BCUT2D eigenvalue weighted by Crippen LogP contribution is -2.10. The van der Waals surface area contributed by atoms with Crippen molar-refractivity contribution in [2.24, 2.45) is 0 Å². The van der Waals surface area contributed by atoms with Gasteiger partial charge in [-0.3, -0.25) is 4.79 Å². The number of rotatable bonds is 6. The second-order valence-corrected chi connectivity index (χ2v) is 4.67. The van der Waals surface area contributed by atoms with Gasteiger partial charge in [-0.25, -0.2) is 4.79 Å².